The molecular formula is C20H18FNO. The average Bonchev–Trinajstić information content (AvgIpc) is 2.86. The van der Waals surface area contributed by atoms with Crippen LogP contribution in [0.15, 0.2) is 54.7 Å². The van der Waals surface area contributed by atoms with E-state index < -0.39 is 0 Å². The van der Waals surface area contributed by atoms with Crippen molar-refractivity contribution in [1.29, 1.82) is 0 Å². The van der Waals surface area contributed by atoms with Gasteiger partial charge in [0.15, 0.2) is 5.78 Å². The number of aryl methyl sites for hydroxylation is 1. The van der Waals surface area contributed by atoms with E-state index >= 15 is 0 Å². The van der Waals surface area contributed by atoms with Crippen molar-refractivity contribution in [3.05, 3.63) is 77.4 Å². The molecule has 23 heavy (non-hydrogen) atoms. The molecule has 2 nitrogen and oxygen atoms in total. The van der Waals surface area contributed by atoms with Gasteiger partial charge in [0.25, 0.3) is 0 Å². The summed E-state index contributed by atoms with van der Waals surface area (Å²) in [6.45, 7) is 5.54. The van der Waals surface area contributed by atoms with Gasteiger partial charge in [-0.3, -0.25) is 4.79 Å². The second kappa shape index (κ2) is 5.84. The van der Waals surface area contributed by atoms with Crippen molar-refractivity contribution >= 4 is 5.78 Å². The zero-order chi connectivity index (χ0) is 16.6. The SMILES string of the molecule is CC(=O)c1c(-c2ccc(F)cc2)cn(-c2ccc(C)cc2)c1C. The minimum Gasteiger partial charge on any atom is -0.320 e. The highest BCUT2D eigenvalue weighted by atomic mass is 19.1. The maximum absolute atomic E-state index is 13.2. The van der Waals surface area contributed by atoms with E-state index in [1.54, 1.807) is 19.1 Å². The summed E-state index contributed by atoms with van der Waals surface area (Å²) >= 11 is 0. The van der Waals surface area contributed by atoms with Crippen LogP contribution >= 0.6 is 0 Å². The molecule has 0 N–H and O–H groups in total. The van der Waals surface area contributed by atoms with Gasteiger partial charge in [-0.2, -0.15) is 0 Å². The van der Waals surface area contributed by atoms with Crippen LogP contribution in [0.25, 0.3) is 16.8 Å². The first kappa shape index (κ1) is 15.2. The first-order valence-corrected chi connectivity index (χ1v) is 7.53. The number of carbonyl (C=O) groups excluding carboxylic acids is 1. The smallest absolute Gasteiger partial charge is 0.162 e. The third kappa shape index (κ3) is 2.82. The standard InChI is InChI=1S/C20H18FNO/c1-13-4-10-18(11-5-13)22-12-19(20(14(22)2)15(3)23)16-6-8-17(21)9-7-16/h4-12H,1-3H3. The van der Waals surface area contributed by atoms with Gasteiger partial charge in [0, 0.05) is 28.7 Å². The van der Waals surface area contributed by atoms with Crippen LogP contribution < -0.4 is 0 Å². The van der Waals surface area contributed by atoms with Crippen molar-refractivity contribution < 1.29 is 9.18 Å². The molecule has 0 amide bonds. The Hall–Kier alpha value is -2.68. The fraction of sp³-hybridized carbons (Fsp3) is 0.150. The molecular weight excluding hydrogens is 289 g/mol. The number of halogens is 1. The lowest BCUT2D eigenvalue weighted by Crippen LogP contribution is -1.99. The van der Waals surface area contributed by atoms with Crippen molar-refractivity contribution in [3.63, 3.8) is 0 Å². The van der Waals surface area contributed by atoms with Gasteiger partial charge in [-0.1, -0.05) is 29.8 Å². The van der Waals surface area contributed by atoms with Crippen LogP contribution in [-0.2, 0) is 0 Å². The van der Waals surface area contributed by atoms with E-state index in [1.807, 2.05) is 48.9 Å². The fourth-order valence-electron chi connectivity index (χ4n) is 2.87. The molecule has 3 rings (SSSR count). The average molecular weight is 307 g/mol. The Morgan fingerprint density at radius 3 is 2.13 bits per heavy atom. The largest absolute Gasteiger partial charge is 0.320 e. The van der Waals surface area contributed by atoms with Crippen LogP contribution in [0.1, 0.15) is 28.5 Å². The van der Waals surface area contributed by atoms with Gasteiger partial charge < -0.3 is 4.57 Å². The molecule has 3 aromatic rings. The summed E-state index contributed by atoms with van der Waals surface area (Å²) in [5.74, 6) is -0.277. The minimum atomic E-state index is -0.284. The van der Waals surface area contributed by atoms with Gasteiger partial charge in [0.2, 0.25) is 0 Å². The number of benzene rings is 2. The van der Waals surface area contributed by atoms with Crippen LogP contribution in [-0.4, -0.2) is 10.4 Å². The fourth-order valence-corrected chi connectivity index (χ4v) is 2.87. The normalized spacial score (nSPS) is 10.8. The summed E-state index contributed by atoms with van der Waals surface area (Å²) < 4.78 is 15.2. The number of ketones is 1. The lowest BCUT2D eigenvalue weighted by molar-refractivity contribution is 0.101. The van der Waals surface area contributed by atoms with Crippen LogP contribution in [0.3, 0.4) is 0 Å². The van der Waals surface area contributed by atoms with Gasteiger partial charge in [-0.05, 0) is 50.6 Å². The summed E-state index contributed by atoms with van der Waals surface area (Å²) in [6.07, 6.45) is 1.95. The maximum atomic E-state index is 13.2. The van der Waals surface area contributed by atoms with Gasteiger partial charge in [-0.15, -0.1) is 0 Å². The molecule has 0 saturated carbocycles. The molecule has 0 bridgehead atoms. The van der Waals surface area contributed by atoms with Crippen LogP contribution in [0.5, 0.6) is 0 Å². The Balaban J connectivity index is 2.20. The van der Waals surface area contributed by atoms with Gasteiger partial charge in [0.1, 0.15) is 5.82 Å². The summed E-state index contributed by atoms with van der Waals surface area (Å²) in [7, 11) is 0. The highest BCUT2D eigenvalue weighted by Crippen LogP contribution is 2.30. The van der Waals surface area contributed by atoms with Gasteiger partial charge in [0.05, 0.1) is 0 Å². The predicted octanol–water partition coefficient (Wildman–Crippen LogP) is 5.10. The Kier molecular flexibility index (Phi) is 3.87. The van der Waals surface area contributed by atoms with E-state index in [1.165, 1.54) is 17.7 Å². The monoisotopic (exact) mass is 307 g/mol. The third-order valence-electron chi connectivity index (χ3n) is 4.07. The van der Waals surface area contributed by atoms with Crippen molar-refractivity contribution in [2.75, 3.05) is 0 Å². The Bertz CT molecular complexity index is 858. The molecule has 1 heterocycles. The van der Waals surface area contributed by atoms with Crippen molar-refractivity contribution in [2.24, 2.45) is 0 Å². The molecule has 2 aromatic carbocycles. The van der Waals surface area contributed by atoms with Crippen LogP contribution in [0, 0.1) is 19.7 Å². The van der Waals surface area contributed by atoms with Crippen molar-refractivity contribution in [3.8, 4) is 16.8 Å². The Morgan fingerprint density at radius 1 is 0.957 bits per heavy atom. The molecule has 0 aliphatic carbocycles. The number of Topliss-reactive ketones (excluding diaryl/α,β-unsaturated/α-hetero) is 1. The summed E-state index contributed by atoms with van der Waals surface area (Å²) in [6, 6.07) is 14.4. The van der Waals surface area contributed by atoms with Crippen molar-refractivity contribution in [2.45, 2.75) is 20.8 Å². The third-order valence-corrected chi connectivity index (χ3v) is 4.07. The first-order valence-electron chi connectivity index (χ1n) is 7.53. The number of hydrogen-bond donors (Lipinski definition) is 0. The molecule has 0 aliphatic rings. The van der Waals surface area contributed by atoms with E-state index in [-0.39, 0.29) is 11.6 Å². The second-order valence-electron chi connectivity index (χ2n) is 5.77. The molecule has 116 valence electrons. The lowest BCUT2D eigenvalue weighted by Gasteiger charge is -2.07. The predicted molar refractivity (Wildman–Crippen MR) is 90.6 cm³/mol. The second-order valence-corrected chi connectivity index (χ2v) is 5.77. The number of nitrogens with zero attached hydrogens (tertiary/aromatic N) is 1. The molecule has 0 aliphatic heterocycles. The zero-order valence-electron chi connectivity index (χ0n) is 13.4. The van der Waals surface area contributed by atoms with Gasteiger partial charge >= 0.3 is 0 Å². The van der Waals surface area contributed by atoms with Crippen molar-refractivity contribution in [1.82, 2.24) is 4.57 Å². The first-order chi connectivity index (χ1) is 11.0. The molecule has 0 atom stereocenters. The van der Waals surface area contributed by atoms with E-state index in [2.05, 4.69) is 0 Å². The molecule has 0 saturated heterocycles. The topological polar surface area (TPSA) is 22.0 Å². The number of carbonyl (C=O) groups is 1. The number of aromatic nitrogens is 1. The number of rotatable bonds is 3. The maximum Gasteiger partial charge on any atom is 0.162 e. The zero-order valence-corrected chi connectivity index (χ0v) is 13.4. The molecule has 0 unspecified atom stereocenters. The Morgan fingerprint density at radius 2 is 1.57 bits per heavy atom. The highest BCUT2D eigenvalue weighted by molar-refractivity contribution is 6.02. The van der Waals surface area contributed by atoms with Gasteiger partial charge in [-0.25, -0.2) is 4.39 Å². The lowest BCUT2D eigenvalue weighted by atomic mass is 10.0. The summed E-state index contributed by atoms with van der Waals surface area (Å²) in [5.41, 5.74) is 5.42. The van der Waals surface area contributed by atoms with E-state index in [4.69, 9.17) is 0 Å². The van der Waals surface area contributed by atoms with Crippen LogP contribution in [0.2, 0.25) is 0 Å². The van der Waals surface area contributed by atoms with Crippen LogP contribution in [0.4, 0.5) is 4.39 Å². The molecule has 0 spiro atoms. The summed E-state index contributed by atoms with van der Waals surface area (Å²) in [5, 5.41) is 0. The molecule has 0 fully saturated rings. The molecule has 1 aromatic heterocycles. The molecule has 0 radical (unpaired) electrons. The van der Waals surface area contributed by atoms with E-state index in [9.17, 15) is 9.18 Å². The Labute approximate surface area is 135 Å². The quantitative estimate of drug-likeness (QED) is 0.617. The highest BCUT2D eigenvalue weighted by Gasteiger charge is 2.18. The minimum absolute atomic E-state index is 0.00712. The molecule has 3 heteroatoms. The van der Waals surface area contributed by atoms with E-state index in [0.29, 0.717) is 5.56 Å². The number of hydrogen-bond acceptors (Lipinski definition) is 1. The summed E-state index contributed by atoms with van der Waals surface area (Å²) in [4.78, 5) is 12.1. The van der Waals surface area contributed by atoms with E-state index in [0.717, 1.165) is 22.5 Å².